The van der Waals surface area contributed by atoms with Gasteiger partial charge in [-0.2, -0.15) is 0 Å². The van der Waals surface area contributed by atoms with Gasteiger partial charge >= 0.3 is 0 Å². The van der Waals surface area contributed by atoms with Crippen molar-refractivity contribution in [3.63, 3.8) is 0 Å². The highest BCUT2D eigenvalue weighted by molar-refractivity contribution is 5.81. The third-order valence-corrected chi connectivity index (χ3v) is 5.36. The first kappa shape index (κ1) is 20.4. The number of benzene rings is 1. The van der Waals surface area contributed by atoms with Crippen molar-refractivity contribution in [2.24, 2.45) is 0 Å². The molecule has 144 valence electrons. The summed E-state index contributed by atoms with van der Waals surface area (Å²) in [6.45, 7) is 11.1. The van der Waals surface area contributed by atoms with E-state index in [1.165, 1.54) is 5.56 Å². The minimum atomic E-state index is -0.191. The van der Waals surface area contributed by atoms with Gasteiger partial charge in [-0.05, 0) is 37.8 Å². The van der Waals surface area contributed by atoms with Crippen LogP contribution in [0.15, 0.2) is 24.3 Å². The first-order valence-corrected chi connectivity index (χ1v) is 9.87. The number of nitrogens with one attached hydrogen (secondary N) is 1. The topological polar surface area (TPSA) is 52.7 Å². The molecule has 0 radical (unpaired) electrons. The van der Waals surface area contributed by atoms with Gasteiger partial charge in [0.1, 0.15) is 0 Å². The lowest BCUT2D eigenvalue weighted by Crippen LogP contribution is -2.47. The van der Waals surface area contributed by atoms with Gasteiger partial charge in [-0.25, -0.2) is 0 Å². The Morgan fingerprint density at radius 1 is 1.04 bits per heavy atom. The number of rotatable bonds is 6. The van der Waals surface area contributed by atoms with E-state index < -0.39 is 0 Å². The van der Waals surface area contributed by atoms with E-state index in [0.29, 0.717) is 13.0 Å². The lowest BCUT2D eigenvalue weighted by molar-refractivity contribution is -0.130. The fourth-order valence-electron chi connectivity index (χ4n) is 3.42. The summed E-state index contributed by atoms with van der Waals surface area (Å²) in [5, 5.41) is 3.14. The molecule has 1 aliphatic heterocycles. The number of carbonyl (C=O) groups is 2. The van der Waals surface area contributed by atoms with Gasteiger partial charge in [-0.1, -0.05) is 38.1 Å². The Bertz CT molecular complexity index is 600. The Morgan fingerprint density at radius 2 is 1.73 bits per heavy atom. The Morgan fingerprint density at radius 3 is 2.35 bits per heavy atom. The molecule has 1 aliphatic rings. The first-order chi connectivity index (χ1) is 12.5. The molecule has 2 amide bonds. The van der Waals surface area contributed by atoms with Gasteiger partial charge in [-0.3, -0.25) is 14.5 Å². The number of aryl methyl sites for hydroxylation is 1. The summed E-state index contributed by atoms with van der Waals surface area (Å²) in [6, 6.07) is 8.22. The van der Waals surface area contributed by atoms with E-state index in [4.69, 9.17) is 0 Å². The molecule has 5 heteroatoms. The molecule has 0 saturated carbocycles. The minimum Gasteiger partial charge on any atom is -0.348 e. The quantitative estimate of drug-likeness (QED) is 0.850. The zero-order valence-electron chi connectivity index (χ0n) is 16.6. The van der Waals surface area contributed by atoms with Crippen LogP contribution in [0.4, 0.5) is 0 Å². The lowest BCUT2D eigenvalue weighted by Gasteiger charge is -2.28. The van der Waals surface area contributed by atoms with Crippen LogP contribution in [0.1, 0.15) is 57.7 Å². The molecule has 1 aromatic carbocycles. The Hall–Kier alpha value is -1.88. The van der Waals surface area contributed by atoms with Crippen molar-refractivity contribution >= 4 is 11.8 Å². The first-order valence-electron chi connectivity index (χ1n) is 9.87. The average Bonchev–Trinajstić information content (AvgIpc) is 2.92. The number of carbonyl (C=O) groups excluding carboxylic acids is 2. The van der Waals surface area contributed by atoms with E-state index in [9.17, 15) is 9.59 Å². The molecule has 1 fully saturated rings. The van der Waals surface area contributed by atoms with Crippen molar-refractivity contribution in [2.75, 3.05) is 26.2 Å². The van der Waals surface area contributed by atoms with Crippen LogP contribution >= 0.6 is 0 Å². The molecule has 2 rings (SSSR count). The smallest absolute Gasteiger partial charge is 0.237 e. The van der Waals surface area contributed by atoms with Crippen molar-refractivity contribution in [3.8, 4) is 0 Å². The predicted octanol–water partition coefficient (Wildman–Crippen LogP) is 2.76. The second kappa shape index (κ2) is 9.72. The molecular weight excluding hydrogens is 326 g/mol. The fraction of sp³-hybridized carbons (Fsp3) is 0.619. The van der Waals surface area contributed by atoms with Crippen molar-refractivity contribution in [2.45, 2.75) is 59.0 Å². The van der Waals surface area contributed by atoms with Crippen LogP contribution in [-0.4, -0.2) is 53.8 Å². The maximum Gasteiger partial charge on any atom is 0.237 e. The van der Waals surface area contributed by atoms with Crippen LogP contribution in [0.5, 0.6) is 0 Å². The maximum absolute atomic E-state index is 12.7. The number of hydrogen-bond acceptors (Lipinski definition) is 3. The predicted molar refractivity (Wildman–Crippen MR) is 105 cm³/mol. The molecule has 0 spiro atoms. The molecule has 26 heavy (non-hydrogen) atoms. The molecule has 0 bridgehead atoms. The van der Waals surface area contributed by atoms with E-state index >= 15 is 0 Å². The molecule has 0 aliphatic carbocycles. The van der Waals surface area contributed by atoms with Gasteiger partial charge in [0, 0.05) is 32.6 Å². The molecule has 5 nitrogen and oxygen atoms in total. The third-order valence-electron chi connectivity index (χ3n) is 5.36. The Balaban J connectivity index is 1.90. The number of nitrogens with zero attached hydrogens (tertiary/aromatic N) is 2. The molecule has 1 N–H and O–H groups in total. The number of hydrogen-bond donors (Lipinski definition) is 1. The van der Waals surface area contributed by atoms with Crippen LogP contribution < -0.4 is 5.32 Å². The fourth-order valence-corrected chi connectivity index (χ4v) is 3.42. The van der Waals surface area contributed by atoms with E-state index in [0.717, 1.165) is 38.0 Å². The van der Waals surface area contributed by atoms with Crippen LogP contribution in [0.25, 0.3) is 0 Å². The summed E-state index contributed by atoms with van der Waals surface area (Å²) in [5.74, 6) is 0.250. The third kappa shape index (κ3) is 5.31. The summed E-state index contributed by atoms with van der Waals surface area (Å²) in [7, 11) is 0. The van der Waals surface area contributed by atoms with Gasteiger partial charge in [0.25, 0.3) is 0 Å². The second-order valence-electron chi connectivity index (χ2n) is 7.13. The SMILES string of the molecule is CCC(=O)N1CCCN(C(C)C(=O)NC(C)c2ccc(CC)cc2)CC1. The van der Waals surface area contributed by atoms with Crippen molar-refractivity contribution in [1.29, 1.82) is 0 Å². The number of amides is 2. The van der Waals surface area contributed by atoms with E-state index in [2.05, 4.69) is 41.4 Å². The Kier molecular flexibility index (Phi) is 7.64. The Labute approximate surface area is 157 Å². The van der Waals surface area contributed by atoms with E-state index in [1.807, 2.05) is 25.7 Å². The van der Waals surface area contributed by atoms with Crippen LogP contribution in [0, 0.1) is 0 Å². The molecule has 2 unspecified atom stereocenters. The van der Waals surface area contributed by atoms with Crippen LogP contribution in [0.2, 0.25) is 0 Å². The van der Waals surface area contributed by atoms with Gasteiger partial charge in [0.15, 0.2) is 0 Å². The second-order valence-corrected chi connectivity index (χ2v) is 7.13. The molecule has 1 heterocycles. The normalized spacial score (nSPS) is 18.1. The van der Waals surface area contributed by atoms with Gasteiger partial charge in [-0.15, -0.1) is 0 Å². The van der Waals surface area contributed by atoms with Crippen LogP contribution in [-0.2, 0) is 16.0 Å². The zero-order chi connectivity index (χ0) is 19.1. The monoisotopic (exact) mass is 359 g/mol. The molecule has 1 aromatic rings. The summed E-state index contributed by atoms with van der Waals surface area (Å²) in [4.78, 5) is 28.7. The standard InChI is InChI=1S/C21H33N3O2/c1-5-18-8-10-19(11-9-18)16(3)22-21(26)17(4)23-12-7-13-24(15-14-23)20(25)6-2/h8-11,16-17H,5-7,12-15H2,1-4H3,(H,22,26). The van der Waals surface area contributed by atoms with Gasteiger partial charge in [0.05, 0.1) is 12.1 Å². The highest BCUT2D eigenvalue weighted by Crippen LogP contribution is 2.15. The van der Waals surface area contributed by atoms with E-state index in [-0.39, 0.29) is 23.9 Å². The summed E-state index contributed by atoms with van der Waals surface area (Å²) in [6.07, 6.45) is 2.48. The lowest BCUT2D eigenvalue weighted by atomic mass is 10.0. The summed E-state index contributed by atoms with van der Waals surface area (Å²) >= 11 is 0. The summed E-state index contributed by atoms with van der Waals surface area (Å²) < 4.78 is 0. The maximum atomic E-state index is 12.7. The average molecular weight is 360 g/mol. The van der Waals surface area contributed by atoms with Crippen molar-refractivity contribution in [3.05, 3.63) is 35.4 Å². The highest BCUT2D eigenvalue weighted by atomic mass is 16.2. The minimum absolute atomic E-state index is 0.0130. The largest absolute Gasteiger partial charge is 0.348 e. The zero-order valence-corrected chi connectivity index (χ0v) is 16.6. The van der Waals surface area contributed by atoms with Gasteiger partial charge in [0.2, 0.25) is 11.8 Å². The summed E-state index contributed by atoms with van der Waals surface area (Å²) in [5.41, 5.74) is 2.43. The highest BCUT2D eigenvalue weighted by Gasteiger charge is 2.26. The molecule has 2 atom stereocenters. The molecule has 1 saturated heterocycles. The van der Waals surface area contributed by atoms with Crippen molar-refractivity contribution in [1.82, 2.24) is 15.1 Å². The van der Waals surface area contributed by atoms with Gasteiger partial charge < -0.3 is 10.2 Å². The van der Waals surface area contributed by atoms with E-state index in [1.54, 1.807) is 0 Å². The molecule has 0 aromatic heterocycles. The van der Waals surface area contributed by atoms with Crippen LogP contribution in [0.3, 0.4) is 0 Å². The molecular formula is C21H33N3O2. The van der Waals surface area contributed by atoms with Crippen molar-refractivity contribution < 1.29 is 9.59 Å².